The van der Waals surface area contributed by atoms with Crippen LogP contribution in [0.15, 0.2) is 33.6 Å². The lowest BCUT2D eigenvalue weighted by atomic mass is 10.2. The van der Waals surface area contributed by atoms with Crippen LogP contribution in [0, 0.1) is 20.8 Å². The second kappa shape index (κ2) is 5.91. The molecule has 0 amide bonds. The molecule has 1 N–H and O–H groups in total. The first-order valence-electron chi connectivity index (χ1n) is 6.53. The van der Waals surface area contributed by atoms with Crippen molar-refractivity contribution in [2.75, 3.05) is 7.11 Å². The topological polar surface area (TPSA) is 68.5 Å². The number of methoxy groups -OCH3 is 1. The highest BCUT2D eigenvalue weighted by molar-refractivity contribution is 7.89. The summed E-state index contributed by atoms with van der Waals surface area (Å²) in [7, 11) is -2.20. The molecule has 6 heteroatoms. The summed E-state index contributed by atoms with van der Waals surface area (Å²) in [4.78, 5) is 0.142. The number of ether oxygens (including phenoxy) is 1. The molecule has 0 atom stereocenters. The van der Waals surface area contributed by atoms with Gasteiger partial charge in [-0.15, -0.1) is 0 Å². The predicted molar refractivity (Wildman–Crippen MR) is 79.9 cm³/mol. The molecule has 0 saturated carbocycles. The lowest BCUT2D eigenvalue weighted by Gasteiger charge is -2.11. The maximum absolute atomic E-state index is 12.4. The van der Waals surface area contributed by atoms with E-state index in [4.69, 9.17) is 9.15 Å². The minimum Gasteiger partial charge on any atom is -0.495 e. The van der Waals surface area contributed by atoms with Crippen LogP contribution in [-0.2, 0) is 16.6 Å². The monoisotopic (exact) mass is 309 g/mol. The minimum absolute atomic E-state index is 0.142. The molecule has 2 aromatic rings. The summed E-state index contributed by atoms with van der Waals surface area (Å²) in [6.07, 6.45) is 0. The molecule has 2 rings (SSSR count). The van der Waals surface area contributed by atoms with E-state index in [1.54, 1.807) is 18.2 Å². The maximum atomic E-state index is 12.4. The molecular weight excluding hydrogens is 290 g/mol. The number of aryl methyl sites for hydroxylation is 3. The smallest absolute Gasteiger partial charge is 0.244 e. The van der Waals surface area contributed by atoms with E-state index in [-0.39, 0.29) is 11.4 Å². The quantitative estimate of drug-likeness (QED) is 0.922. The van der Waals surface area contributed by atoms with Crippen molar-refractivity contribution in [1.82, 2.24) is 4.72 Å². The van der Waals surface area contributed by atoms with Crippen LogP contribution < -0.4 is 9.46 Å². The summed E-state index contributed by atoms with van der Waals surface area (Å²) in [5, 5.41) is 0. The van der Waals surface area contributed by atoms with Crippen LogP contribution in [0.2, 0.25) is 0 Å². The third-order valence-electron chi connectivity index (χ3n) is 3.21. The van der Waals surface area contributed by atoms with Crippen molar-refractivity contribution in [3.8, 4) is 5.75 Å². The summed E-state index contributed by atoms with van der Waals surface area (Å²) in [5.41, 5.74) is 1.68. The Balaban J connectivity index is 2.26. The van der Waals surface area contributed by atoms with Crippen LogP contribution in [0.5, 0.6) is 5.75 Å². The van der Waals surface area contributed by atoms with Gasteiger partial charge >= 0.3 is 0 Å². The van der Waals surface area contributed by atoms with Crippen LogP contribution in [0.3, 0.4) is 0 Å². The lowest BCUT2D eigenvalue weighted by Crippen LogP contribution is -2.24. The predicted octanol–water partition coefficient (Wildman–Crippen LogP) is 2.69. The van der Waals surface area contributed by atoms with Crippen molar-refractivity contribution in [1.29, 1.82) is 0 Å². The maximum Gasteiger partial charge on any atom is 0.244 e. The molecule has 1 heterocycles. The number of sulfonamides is 1. The zero-order valence-electron chi connectivity index (χ0n) is 12.6. The Labute approximate surface area is 125 Å². The zero-order chi connectivity index (χ0) is 15.6. The Morgan fingerprint density at radius 2 is 1.90 bits per heavy atom. The van der Waals surface area contributed by atoms with E-state index >= 15 is 0 Å². The van der Waals surface area contributed by atoms with E-state index in [0.29, 0.717) is 11.5 Å². The number of rotatable bonds is 5. The van der Waals surface area contributed by atoms with E-state index < -0.39 is 10.0 Å². The molecule has 1 aromatic heterocycles. The van der Waals surface area contributed by atoms with Gasteiger partial charge in [0, 0.05) is 12.1 Å². The van der Waals surface area contributed by atoms with E-state index in [1.165, 1.54) is 7.11 Å². The zero-order valence-corrected chi connectivity index (χ0v) is 13.4. The van der Waals surface area contributed by atoms with E-state index in [0.717, 1.165) is 16.9 Å². The first-order valence-corrected chi connectivity index (χ1v) is 8.02. The summed E-state index contributed by atoms with van der Waals surface area (Å²) < 4.78 is 38.0. The van der Waals surface area contributed by atoms with Gasteiger partial charge in [-0.25, -0.2) is 13.1 Å². The Kier molecular flexibility index (Phi) is 4.39. The summed E-state index contributed by atoms with van der Waals surface area (Å²) in [6.45, 7) is 5.66. The Bertz CT molecular complexity index is 747. The van der Waals surface area contributed by atoms with Gasteiger partial charge in [0.15, 0.2) is 0 Å². The molecule has 0 bridgehead atoms. The molecule has 0 spiro atoms. The molecule has 0 aliphatic rings. The second-order valence-electron chi connectivity index (χ2n) is 4.92. The minimum atomic E-state index is -3.65. The Morgan fingerprint density at radius 3 is 2.48 bits per heavy atom. The number of nitrogens with one attached hydrogen (secondary N) is 1. The van der Waals surface area contributed by atoms with Crippen molar-refractivity contribution >= 4 is 10.0 Å². The fourth-order valence-corrected chi connectivity index (χ4v) is 3.36. The molecule has 0 saturated heterocycles. The molecule has 0 aliphatic heterocycles. The average molecular weight is 309 g/mol. The first-order chi connectivity index (χ1) is 9.83. The number of hydrogen-bond acceptors (Lipinski definition) is 4. The molecule has 0 fully saturated rings. The van der Waals surface area contributed by atoms with Crippen molar-refractivity contribution in [3.05, 3.63) is 46.9 Å². The van der Waals surface area contributed by atoms with Crippen LogP contribution in [0.4, 0.5) is 0 Å². The van der Waals surface area contributed by atoms with Gasteiger partial charge in [0.05, 0.1) is 7.11 Å². The van der Waals surface area contributed by atoms with E-state index in [2.05, 4.69) is 4.72 Å². The van der Waals surface area contributed by atoms with Crippen molar-refractivity contribution in [2.24, 2.45) is 0 Å². The van der Waals surface area contributed by atoms with Gasteiger partial charge in [-0.05, 0) is 44.5 Å². The highest BCUT2D eigenvalue weighted by Crippen LogP contribution is 2.25. The number of furan rings is 1. The van der Waals surface area contributed by atoms with Crippen molar-refractivity contribution in [2.45, 2.75) is 32.2 Å². The van der Waals surface area contributed by atoms with Gasteiger partial charge in [-0.2, -0.15) is 0 Å². The lowest BCUT2D eigenvalue weighted by molar-refractivity contribution is 0.402. The molecule has 5 nitrogen and oxygen atoms in total. The third kappa shape index (κ3) is 3.46. The molecule has 1 aromatic carbocycles. The summed E-state index contributed by atoms with van der Waals surface area (Å²) in [6, 6.07) is 6.87. The molecule has 114 valence electrons. The standard InChI is InChI=1S/C15H19NO4S/c1-10-5-6-14(19-4)15(7-10)21(17,18)16-9-13-8-11(2)20-12(13)3/h5-8,16H,9H2,1-4H3. The number of benzene rings is 1. The first kappa shape index (κ1) is 15.6. The van der Waals surface area contributed by atoms with Gasteiger partial charge in [-0.1, -0.05) is 6.07 Å². The van der Waals surface area contributed by atoms with Gasteiger partial charge < -0.3 is 9.15 Å². The fourth-order valence-electron chi connectivity index (χ4n) is 2.10. The number of hydrogen-bond donors (Lipinski definition) is 1. The van der Waals surface area contributed by atoms with Gasteiger partial charge in [-0.3, -0.25) is 0 Å². The van der Waals surface area contributed by atoms with E-state index in [9.17, 15) is 8.42 Å². The average Bonchev–Trinajstić information content (AvgIpc) is 2.75. The second-order valence-corrected chi connectivity index (χ2v) is 6.65. The molecule has 0 unspecified atom stereocenters. The highest BCUT2D eigenvalue weighted by Gasteiger charge is 2.20. The SMILES string of the molecule is COc1ccc(C)cc1S(=O)(=O)NCc1cc(C)oc1C. The van der Waals surface area contributed by atoms with Gasteiger partial charge in [0.2, 0.25) is 10.0 Å². The largest absolute Gasteiger partial charge is 0.495 e. The van der Waals surface area contributed by atoms with Crippen molar-refractivity contribution in [3.63, 3.8) is 0 Å². The Hall–Kier alpha value is -1.79. The van der Waals surface area contributed by atoms with Crippen LogP contribution in [-0.4, -0.2) is 15.5 Å². The highest BCUT2D eigenvalue weighted by atomic mass is 32.2. The molecular formula is C15H19NO4S. The van der Waals surface area contributed by atoms with Crippen LogP contribution in [0.25, 0.3) is 0 Å². The third-order valence-corrected chi connectivity index (χ3v) is 4.63. The van der Waals surface area contributed by atoms with Crippen molar-refractivity contribution < 1.29 is 17.6 Å². The summed E-state index contributed by atoms with van der Waals surface area (Å²) >= 11 is 0. The van der Waals surface area contributed by atoms with E-state index in [1.807, 2.05) is 26.8 Å². The summed E-state index contributed by atoms with van der Waals surface area (Å²) in [5.74, 6) is 1.80. The fraction of sp³-hybridized carbons (Fsp3) is 0.333. The normalized spacial score (nSPS) is 11.6. The Morgan fingerprint density at radius 1 is 1.19 bits per heavy atom. The molecule has 0 aliphatic carbocycles. The molecule has 0 radical (unpaired) electrons. The van der Waals surface area contributed by atoms with Crippen LogP contribution >= 0.6 is 0 Å². The van der Waals surface area contributed by atoms with Gasteiger partial charge in [0.25, 0.3) is 0 Å². The van der Waals surface area contributed by atoms with Crippen LogP contribution in [0.1, 0.15) is 22.6 Å². The van der Waals surface area contributed by atoms with Gasteiger partial charge in [0.1, 0.15) is 22.2 Å². The molecule has 21 heavy (non-hydrogen) atoms.